The van der Waals surface area contributed by atoms with Gasteiger partial charge < -0.3 is 14.2 Å². The highest BCUT2D eigenvalue weighted by atomic mass is 79.9. The molecule has 0 amide bonds. The van der Waals surface area contributed by atoms with Crippen molar-refractivity contribution in [3.63, 3.8) is 0 Å². The maximum Gasteiger partial charge on any atom is 0.338 e. The number of esters is 1. The van der Waals surface area contributed by atoms with Crippen molar-refractivity contribution in [2.24, 2.45) is 4.99 Å². The van der Waals surface area contributed by atoms with Crippen molar-refractivity contribution in [1.29, 1.82) is 0 Å². The second kappa shape index (κ2) is 11.7. The lowest BCUT2D eigenvalue weighted by atomic mass is 9.95. The summed E-state index contributed by atoms with van der Waals surface area (Å²) in [4.78, 5) is 32.2. The van der Waals surface area contributed by atoms with Crippen LogP contribution in [0.25, 0.3) is 6.08 Å². The van der Waals surface area contributed by atoms with Crippen LogP contribution in [0.1, 0.15) is 63.3 Å². The molecule has 3 aromatic rings. The summed E-state index contributed by atoms with van der Waals surface area (Å²) in [5, 5.41) is 0. The molecule has 2 heterocycles. The number of fused-ring (bicyclic) bond motifs is 1. The Balaban J connectivity index is 1.95. The molecule has 0 fully saturated rings. The number of ether oxygens (including phenoxy) is 3. The first kappa shape index (κ1) is 27.9. The van der Waals surface area contributed by atoms with Gasteiger partial charge in [0.05, 0.1) is 42.2 Å². The zero-order valence-electron chi connectivity index (χ0n) is 22.3. The Hall–Kier alpha value is -3.17. The van der Waals surface area contributed by atoms with Crippen molar-refractivity contribution in [2.75, 3.05) is 20.3 Å². The lowest BCUT2D eigenvalue weighted by Gasteiger charge is -2.26. The van der Waals surface area contributed by atoms with Gasteiger partial charge in [0.2, 0.25) is 0 Å². The van der Waals surface area contributed by atoms with Crippen LogP contribution in [0.3, 0.4) is 0 Å². The van der Waals surface area contributed by atoms with E-state index in [-0.39, 0.29) is 12.2 Å². The van der Waals surface area contributed by atoms with Gasteiger partial charge in [-0.05, 0) is 61.6 Å². The molecule has 0 bridgehead atoms. The molecule has 4 rings (SSSR count). The van der Waals surface area contributed by atoms with Crippen LogP contribution in [0.2, 0.25) is 0 Å². The van der Waals surface area contributed by atoms with Gasteiger partial charge in [0, 0.05) is 4.47 Å². The molecule has 1 aliphatic heterocycles. The van der Waals surface area contributed by atoms with Gasteiger partial charge >= 0.3 is 5.97 Å². The number of hydrogen-bond donors (Lipinski definition) is 0. The fourth-order valence-electron chi connectivity index (χ4n) is 4.40. The number of halogens is 1. The third-order valence-corrected chi connectivity index (χ3v) is 7.97. The molecule has 38 heavy (non-hydrogen) atoms. The van der Waals surface area contributed by atoms with Gasteiger partial charge in [0.15, 0.2) is 16.3 Å². The summed E-state index contributed by atoms with van der Waals surface area (Å²) < 4.78 is 19.5. The highest BCUT2D eigenvalue weighted by Gasteiger charge is 2.35. The van der Waals surface area contributed by atoms with Gasteiger partial charge in [-0.1, -0.05) is 65.4 Å². The average molecular weight is 600 g/mol. The van der Waals surface area contributed by atoms with E-state index in [1.54, 1.807) is 37.7 Å². The van der Waals surface area contributed by atoms with E-state index in [2.05, 4.69) is 46.9 Å². The number of nitrogens with zero attached hydrogens (tertiary/aromatic N) is 2. The zero-order chi connectivity index (χ0) is 27.6. The standard InChI is InChI=1S/C29H31BrN2O5S/c1-7-36-23-15-21(30)20(14-22(23)35-6)26-25(28(34)37-8-2)17(5)31-29-32(26)27(33)24(38-29)13-18-9-11-19(12-10-18)16(3)4/h9-16,26H,7-8H2,1-6H3/b24-13+/t26-/m1/s1. The molecule has 7 nitrogen and oxygen atoms in total. The summed E-state index contributed by atoms with van der Waals surface area (Å²) in [5.41, 5.74) is 3.38. The molecule has 9 heteroatoms. The summed E-state index contributed by atoms with van der Waals surface area (Å²) in [6, 6.07) is 11.0. The molecule has 0 saturated heterocycles. The predicted octanol–water partition coefficient (Wildman–Crippen LogP) is 5.09. The van der Waals surface area contributed by atoms with Crippen LogP contribution in [-0.4, -0.2) is 30.9 Å². The summed E-state index contributed by atoms with van der Waals surface area (Å²) in [6.07, 6.45) is 1.86. The molecule has 0 radical (unpaired) electrons. The summed E-state index contributed by atoms with van der Waals surface area (Å²) in [5.74, 6) is 0.955. The third-order valence-electron chi connectivity index (χ3n) is 6.30. The third kappa shape index (κ3) is 5.35. The van der Waals surface area contributed by atoms with E-state index >= 15 is 0 Å². The Kier molecular flexibility index (Phi) is 8.57. The van der Waals surface area contributed by atoms with Gasteiger partial charge in [-0.15, -0.1) is 0 Å². The number of methoxy groups -OCH3 is 1. The lowest BCUT2D eigenvalue weighted by Crippen LogP contribution is -2.40. The first-order chi connectivity index (χ1) is 18.2. The van der Waals surface area contributed by atoms with Gasteiger partial charge in [0.25, 0.3) is 5.56 Å². The summed E-state index contributed by atoms with van der Waals surface area (Å²) >= 11 is 4.94. The second-order valence-corrected chi connectivity index (χ2v) is 10.9. The van der Waals surface area contributed by atoms with Gasteiger partial charge in [-0.2, -0.15) is 0 Å². The van der Waals surface area contributed by atoms with E-state index in [0.717, 1.165) is 5.56 Å². The number of hydrogen-bond acceptors (Lipinski definition) is 7. The van der Waals surface area contributed by atoms with Crippen molar-refractivity contribution in [3.8, 4) is 11.5 Å². The smallest absolute Gasteiger partial charge is 0.338 e. The van der Waals surface area contributed by atoms with Crippen molar-refractivity contribution in [1.82, 2.24) is 4.57 Å². The van der Waals surface area contributed by atoms with E-state index < -0.39 is 12.0 Å². The van der Waals surface area contributed by atoms with Crippen molar-refractivity contribution in [2.45, 2.75) is 46.6 Å². The summed E-state index contributed by atoms with van der Waals surface area (Å²) in [6.45, 7) is 10.4. The van der Waals surface area contributed by atoms with Crippen LogP contribution in [0, 0.1) is 0 Å². The minimum absolute atomic E-state index is 0.201. The van der Waals surface area contributed by atoms with E-state index in [1.165, 1.54) is 16.9 Å². The predicted molar refractivity (Wildman–Crippen MR) is 153 cm³/mol. The molecule has 0 saturated carbocycles. The van der Waals surface area contributed by atoms with Crippen molar-refractivity contribution >= 4 is 39.3 Å². The first-order valence-corrected chi connectivity index (χ1v) is 14.1. The molecule has 1 atom stereocenters. The number of aromatic nitrogens is 1. The van der Waals surface area contributed by atoms with Gasteiger partial charge in [0.1, 0.15) is 0 Å². The molecule has 2 aromatic carbocycles. The normalized spacial score (nSPS) is 15.4. The highest BCUT2D eigenvalue weighted by Crippen LogP contribution is 2.41. The Morgan fingerprint density at radius 2 is 1.87 bits per heavy atom. The van der Waals surface area contributed by atoms with Crippen LogP contribution < -0.4 is 24.4 Å². The fourth-order valence-corrected chi connectivity index (χ4v) is 5.99. The van der Waals surface area contributed by atoms with Crippen LogP contribution >= 0.6 is 27.3 Å². The maximum absolute atomic E-state index is 13.9. The van der Waals surface area contributed by atoms with Gasteiger partial charge in [-0.3, -0.25) is 9.36 Å². The number of carbonyl (C=O) groups is 1. The van der Waals surface area contributed by atoms with Crippen LogP contribution in [0.15, 0.2) is 61.9 Å². The number of benzene rings is 2. The Morgan fingerprint density at radius 3 is 2.47 bits per heavy atom. The average Bonchev–Trinajstić information content (AvgIpc) is 3.18. The maximum atomic E-state index is 13.9. The Morgan fingerprint density at radius 1 is 1.16 bits per heavy atom. The summed E-state index contributed by atoms with van der Waals surface area (Å²) in [7, 11) is 1.55. The molecule has 0 spiro atoms. The Bertz CT molecular complexity index is 1570. The van der Waals surface area contributed by atoms with Crippen molar-refractivity contribution < 1.29 is 19.0 Å². The molecule has 0 unspecified atom stereocenters. The molecule has 0 N–H and O–H groups in total. The molecule has 0 aliphatic carbocycles. The van der Waals surface area contributed by atoms with E-state index in [0.29, 0.717) is 54.7 Å². The number of thiazole rings is 1. The molecular weight excluding hydrogens is 568 g/mol. The zero-order valence-corrected chi connectivity index (χ0v) is 24.7. The van der Waals surface area contributed by atoms with Crippen LogP contribution in [0.4, 0.5) is 0 Å². The molecule has 1 aromatic heterocycles. The van der Waals surface area contributed by atoms with Crippen LogP contribution in [0.5, 0.6) is 11.5 Å². The quantitative estimate of drug-likeness (QED) is 0.337. The minimum atomic E-state index is -0.769. The number of carbonyl (C=O) groups excluding carboxylic acids is 1. The molecule has 1 aliphatic rings. The fraction of sp³-hybridized carbons (Fsp3) is 0.345. The van der Waals surface area contributed by atoms with Crippen molar-refractivity contribution in [3.05, 3.63) is 88.5 Å². The second-order valence-electron chi connectivity index (χ2n) is 9.08. The van der Waals surface area contributed by atoms with E-state index in [9.17, 15) is 9.59 Å². The lowest BCUT2D eigenvalue weighted by molar-refractivity contribution is -0.139. The van der Waals surface area contributed by atoms with Crippen LogP contribution in [-0.2, 0) is 9.53 Å². The largest absolute Gasteiger partial charge is 0.493 e. The number of allylic oxidation sites excluding steroid dienone is 1. The molecule has 200 valence electrons. The minimum Gasteiger partial charge on any atom is -0.493 e. The van der Waals surface area contributed by atoms with E-state index in [4.69, 9.17) is 14.2 Å². The monoisotopic (exact) mass is 598 g/mol. The highest BCUT2D eigenvalue weighted by molar-refractivity contribution is 9.10. The topological polar surface area (TPSA) is 79.1 Å². The Labute approximate surface area is 234 Å². The first-order valence-electron chi connectivity index (χ1n) is 12.5. The molecular formula is C29H31BrN2O5S. The number of rotatable bonds is 8. The van der Waals surface area contributed by atoms with Gasteiger partial charge in [-0.25, -0.2) is 9.79 Å². The SMILES string of the molecule is CCOC(=O)C1=C(C)N=c2s/c(=C/c3ccc(C(C)C)cc3)c(=O)n2[C@@H]1c1cc(OC)c(OCC)cc1Br. The van der Waals surface area contributed by atoms with E-state index in [1.807, 2.05) is 25.1 Å².